The first-order chi connectivity index (χ1) is 6.07. The Balaban J connectivity index is 3.86. The van der Waals surface area contributed by atoms with Gasteiger partial charge in [-0.25, -0.2) is 0 Å². The number of hydrogen-bond donors (Lipinski definition) is 2. The van der Waals surface area contributed by atoms with Crippen LogP contribution >= 0.6 is 0 Å². The van der Waals surface area contributed by atoms with Gasteiger partial charge in [0.15, 0.2) is 0 Å². The molecule has 0 aromatic heterocycles. The van der Waals surface area contributed by atoms with E-state index in [9.17, 15) is 4.79 Å². The number of rotatable bonds is 5. The summed E-state index contributed by atoms with van der Waals surface area (Å²) in [6.07, 6.45) is 3.75. The Labute approximate surface area is 80.4 Å². The molecule has 0 bridgehead atoms. The van der Waals surface area contributed by atoms with Crippen LogP contribution in [-0.2, 0) is 4.79 Å². The standard InChI is InChI=1S/C10H20N2O/c1-8(2)12-10(13)9(3)6-4-5-7-11/h6,8H,4-5,7,11H2,1-3H3,(H,12,13). The van der Waals surface area contributed by atoms with Crippen molar-refractivity contribution >= 4 is 5.91 Å². The molecule has 0 saturated heterocycles. The molecule has 0 aliphatic heterocycles. The highest BCUT2D eigenvalue weighted by atomic mass is 16.1. The first-order valence-corrected chi connectivity index (χ1v) is 4.75. The Hall–Kier alpha value is -0.830. The molecular weight excluding hydrogens is 164 g/mol. The third kappa shape index (κ3) is 6.34. The molecule has 3 heteroatoms. The predicted octanol–water partition coefficient (Wildman–Crippen LogP) is 1.20. The number of hydrogen-bond acceptors (Lipinski definition) is 2. The Morgan fingerprint density at radius 3 is 2.62 bits per heavy atom. The lowest BCUT2D eigenvalue weighted by Gasteiger charge is -2.07. The molecule has 1 amide bonds. The molecule has 0 saturated carbocycles. The highest BCUT2D eigenvalue weighted by molar-refractivity contribution is 5.92. The maximum Gasteiger partial charge on any atom is 0.246 e. The van der Waals surface area contributed by atoms with E-state index in [0.29, 0.717) is 6.54 Å². The summed E-state index contributed by atoms with van der Waals surface area (Å²) in [7, 11) is 0. The van der Waals surface area contributed by atoms with Crippen molar-refractivity contribution in [1.82, 2.24) is 5.32 Å². The maximum absolute atomic E-state index is 11.3. The van der Waals surface area contributed by atoms with E-state index in [1.54, 1.807) is 0 Å². The number of allylic oxidation sites excluding steroid dienone is 1. The fourth-order valence-corrected chi connectivity index (χ4v) is 0.905. The maximum atomic E-state index is 11.3. The van der Waals surface area contributed by atoms with E-state index in [0.717, 1.165) is 18.4 Å². The minimum Gasteiger partial charge on any atom is -0.350 e. The molecule has 0 spiro atoms. The van der Waals surface area contributed by atoms with Gasteiger partial charge >= 0.3 is 0 Å². The van der Waals surface area contributed by atoms with Gasteiger partial charge in [-0.3, -0.25) is 4.79 Å². The number of amides is 1. The van der Waals surface area contributed by atoms with Gasteiger partial charge < -0.3 is 11.1 Å². The van der Waals surface area contributed by atoms with Crippen molar-refractivity contribution < 1.29 is 4.79 Å². The fraction of sp³-hybridized carbons (Fsp3) is 0.700. The molecule has 76 valence electrons. The minimum absolute atomic E-state index is 0.0204. The van der Waals surface area contributed by atoms with Crippen molar-refractivity contribution in [3.8, 4) is 0 Å². The number of nitrogens with one attached hydrogen (secondary N) is 1. The molecule has 0 heterocycles. The molecule has 0 radical (unpaired) electrons. The van der Waals surface area contributed by atoms with E-state index in [1.165, 1.54) is 0 Å². The summed E-state index contributed by atoms with van der Waals surface area (Å²) in [4.78, 5) is 11.3. The van der Waals surface area contributed by atoms with E-state index in [-0.39, 0.29) is 11.9 Å². The van der Waals surface area contributed by atoms with Crippen LogP contribution in [0.1, 0.15) is 33.6 Å². The molecule has 0 aromatic carbocycles. The predicted molar refractivity (Wildman–Crippen MR) is 55.3 cm³/mol. The molecule has 0 unspecified atom stereocenters. The van der Waals surface area contributed by atoms with E-state index >= 15 is 0 Å². The van der Waals surface area contributed by atoms with Gasteiger partial charge in [0.05, 0.1) is 0 Å². The smallest absolute Gasteiger partial charge is 0.246 e. The summed E-state index contributed by atoms with van der Waals surface area (Å²) < 4.78 is 0. The van der Waals surface area contributed by atoms with Crippen molar-refractivity contribution in [2.75, 3.05) is 6.54 Å². The summed E-state index contributed by atoms with van der Waals surface area (Å²) in [5.41, 5.74) is 6.12. The van der Waals surface area contributed by atoms with Gasteiger partial charge in [-0.1, -0.05) is 6.08 Å². The summed E-state index contributed by atoms with van der Waals surface area (Å²) in [5.74, 6) is 0.0204. The third-order valence-corrected chi connectivity index (χ3v) is 1.64. The topological polar surface area (TPSA) is 55.1 Å². The molecule has 0 aliphatic rings. The fourth-order valence-electron chi connectivity index (χ4n) is 0.905. The van der Waals surface area contributed by atoms with Crippen LogP contribution in [0.4, 0.5) is 0 Å². The molecule has 0 aromatic rings. The van der Waals surface area contributed by atoms with E-state index in [4.69, 9.17) is 5.73 Å². The van der Waals surface area contributed by atoms with Crippen LogP contribution in [0.5, 0.6) is 0 Å². The van der Waals surface area contributed by atoms with Crippen molar-refractivity contribution in [3.63, 3.8) is 0 Å². The van der Waals surface area contributed by atoms with Crippen LogP contribution < -0.4 is 11.1 Å². The first-order valence-electron chi connectivity index (χ1n) is 4.75. The monoisotopic (exact) mass is 184 g/mol. The van der Waals surface area contributed by atoms with Crippen LogP contribution in [0.15, 0.2) is 11.6 Å². The molecule has 0 fully saturated rings. The van der Waals surface area contributed by atoms with E-state index < -0.39 is 0 Å². The van der Waals surface area contributed by atoms with Crippen molar-refractivity contribution in [1.29, 1.82) is 0 Å². The number of carbonyl (C=O) groups is 1. The molecule has 0 aliphatic carbocycles. The van der Waals surface area contributed by atoms with Crippen LogP contribution in [-0.4, -0.2) is 18.5 Å². The second-order valence-electron chi connectivity index (χ2n) is 3.45. The average molecular weight is 184 g/mol. The second kappa shape index (κ2) is 6.66. The van der Waals surface area contributed by atoms with Crippen LogP contribution in [0, 0.1) is 0 Å². The van der Waals surface area contributed by atoms with E-state index in [2.05, 4.69) is 5.32 Å². The minimum atomic E-state index is 0.0204. The average Bonchev–Trinajstić information content (AvgIpc) is 2.03. The van der Waals surface area contributed by atoms with Gasteiger partial charge in [0.25, 0.3) is 0 Å². The van der Waals surface area contributed by atoms with Gasteiger partial charge in [-0.15, -0.1) is 0 Å². The Kier molecular flexibility index (Phi) is 6.24. The highest BCUT2D eigenvalue weighted by Gasteiger charge is 2.03. The molecule has 0 atom stereocenters. The zero-order chi connectivity index (χ0) is 10.3. The van der Waals surface area contributed by atoms with Crippen molar-refractivity contribution in [2.24, 2.45) is 5.73 Å². The Bertz CT molecular complexity index is 185. The Morgan fingerprint density at radius 2 is 2.15 bits per heavy atom. The second-order valence-corrected chi connectivity index (χ2v) is 3.45. The SMILES string of the molecule is CC(=CCCCN)C(=O)NC(C)C. The lowest BCUT2D eigenvalue weighted by molar-refractivity contribution is -0.117. The summed E-state index contributed by atoms with van der Waals surface area (Å²) in [5, 5.41) is 2.83. The van der Waals surface area contributed by atoms with E-state index in [1.807, 2.05) is 26.8 Å². The zero-order valence-corrected chi connectivity index (χ0v) is 8.76. The van der Waals surface area contributed by atoms with Crippen molar-refractivity contribution in [2.45, 2.75) is 39.7 Å². The summed E-state index contributed by atoms with van der Waals surface area (Å²) >= 11 is 0. The van der Waals surface area contributed by atoms with Crippen molar-refractivity contribution in [3.05, 3.63) is 11.6 Å². The lowest BCUT2D eigenvalue weighted by Crippen LogP contribution is -2.30. The van der Waals surface area contributed by atoms with Gasteiger partial charge in [0.2, 0.25) is 5.91 Å². The number of carbonyl (C=O) groups excluding carboxylic acids is 1. The molecule has 0 rings (SSSR count). The summed E-state index contributed by atoms with van der Waals surface area (Å²) in [6, 6.07) is 0.199. The highest BCUT2D eigenvalue weighted by Crippen LogP contribution is 1.98. The van der Waals surface area contributed by atoms with Crippen LogP contribution in [0.3, 0.4) is 0 Å². The quantitative estimate of drug-likeness (QED) is 0.498. The number of unbranched alkanes of at least 4 members (excludes halogenated alkanes) is 1. The molecule has 3 nitrogen and oxygen atoms in total. The number of nitrogens with two attached hydrogens (primary N) is 1. The normalized spacial score (nSPS) is 11.9. The summed E-state index contributed by atoms with van der Waals surface area (Å²) in [6.45, 7) is 6.40. The molecule has 3 N–H and O–H groups in total. The lowest BCUT2D eigenvalue weighted by atomic mass is 10.2. The molecular formula is C10H20N2O. The third-order valence-electron chi connectivity index (χ3n) is 1.64. The first kappa shape index (κ1) is 12.2. The van der Waals surface area contributed by atoms with Gasteiger partial charge in [0.1, 0.15) is 0 Å². The zero-order valence-electron chi connectivity index (χ0n) is 8.76. The van der Waals surface area contributed by atoms with Crippen LogP contribution in [0.25, 0.3) is 0 Å². The molecule has 13 heavy (non-hydrogen) atoms. The van der Waals surface area contributed by atoms with Gasteiger partial charge in [0, 0.05) is 11.6 Å². The van der Waals surface area contributed by atoms with Crippen LogP contribution in [0.2, 0.25) is 0 Å². The largest absolute Gasteiger partial charge is 0.350 e. The van der Waals surface area contributed by atoms with Gasteiger partial charge in [-0.05, 0) is 40.2 Å². The van der Waals surface area contributed by atoms with Gasteiger partial charge in [-0.2, -0.15) is 0 Å². The Morgan fingerprint density at radius 1 is 1.54 bits per heavy atom.